The van der Waals surface area contributed by atoms with Crippen LogP contribution in [0.15, 0.2) is 36.1 Å². The van der Waals surface area contributed by atoms with Crippen molar-refractivity contribution in [2.75, 3.05) is 14.2 Å². The van der Waals surface area contributed by atoms with Crippen LogP contribution in [0.3, 0.4) is 0 Å². The van der Waals surface area contributed by atoms with E-state index in [9.17, 15) is 9.36 Å². The predicted octanol–water partition coefficient (Wildman–Crippen LogP) is 2.22. The van der Waals surface area contributed by atoms with Crippen molar-refractivity contribution in [2.45, 2.75) is 0 Å². The highest BCUT2D eigenvalue weighted by molar-refractivity contribution is 7.57. The number of amides is 1. The van der Waals surface area contributed by atoms with Crippen LogP contribution >= 0.6 is 7.60 Å². The van der Waals surface area contributed by atoms with Crippen molar-refractivity contribution in [3.8, 4) is 0 Å². The molecule has 0 unspecified atom stereocenters. The number of benzene rings is 1. The maximum atomic E-state index is 11.9. The molecule has 0 aliphatic rings. The average molecular weight is 255 g/mol. The second-order valence-electron chi connectivity index (χ2n) is 3.08. The van der Waals surface area contributed by atoms with Gasteiger partial charge >= 0.3 is 7.60 Å². The Hall–Kier alpha value is -1.42. The predicted molar refractivity (Wildman–Crippen MR) is 65.2 cm³/mol. The fourth-order valence-corrected chi connectivity index (χ4v) is 2.11. The summed E-state index contributed by atoms with van der Waals surface area (Å²) in [5.41, 5.74) is 1.10. The SMILES string of the molecule is COP(=O)(/C=C(\NC=O)c1ccccc1)OC. The summed E-state index contributed by atoms with van der Waals surface area (Å²) < 4.78 is 21.5. The van der Waals surface area contributed by atoms with Gasteiger partial charge in [-0.15, -0.1) is 0 Å². The monoisotopic (exact) mass is 255 g/mol. The third-order valence-electron chi connectivity index (χ3n) is 2.10. The zero-order valence-electron chi connectivity index (χ0n) is 9.62. The Morgan fingerprint density at radius 3 is 2.29 bits per heavy atom. The first-order valence-corrected chi connectivity index (χ1v) is 6.46. The summed E-state index contributed by atoms with van der Waals surface area (Å²) in [5, 5.41) is 2.47. The largest absolute Gasteiger partial charge is 0.355 e. The molecule has 0 saturated heterocycles. The lowest BCUT2D eigenvalue weighted by atomic mass is 10.2. The van der Waals surface area contributed by atoms with E-state index in [2.05, 4.69) is 5.32 Å². The Labute approximate surface area is 100.0 Å². The van der Waals surface area contributed by atoms with Gasteiger partial charge in [-0.1, -0.05) is 30.3 Å². The van der Waals surface area contributed by atoms with Crippen molar-refractivity contribution in [2.24, 2.45) is 0 Å². The molecule has 1 N–H and O–H groups in total. The van der Waals surface area contributed by atoms with Crippen molar-refractivity contribution >= 4 is 19.7 Å². The summed E-state index contributed by atoms with van der Waals surface area (Å²) in [5.74, 6) is 1.27. The van der Waals surface area contributed by atoms with Crippen LogP contribution in [0.5, 0.6) is 0 Å². The third-order valence-corrected chi connectivity index (χ3v) is 3.69. The molecule has 6 heteroatoms. The Kier molecular flexibility index (Phi) is 5.10. The minimum absolute atomic E-state index is 0.382. The van der Waals surface area contributed by atoms with Crippen LogP contribution < -0.4 is 5.32 Å². The summed E-state index contributed by atoms with van der Waals surface area (Å²) in [7, 11) is -0.752. The van der Waals surface area contributed by atoms with E-state index in [0.717, 1.165) is 0 Å². The molecule has 1 aromatic rings. The normalized spacial score (nSPS) is 12.2. The molecule has 1 amide bonds. The number of hydrogen-bond donors (Lipinski definition) is 1. The van der Waals surface area contributed by atoms with Crippen LogP contribution in [0.1, 0.15) is 5.56 Å². The standard InChI is InChI=1S/C11H14NO4P/c1-15-17(14,16-2)8-11(12-9-13)10-6-4-3-5-7-10/h3-9H,1-2H3,(H,12,13)/b11-8-. The van der Waals surface area contributed by atoms with Crippen molar-refractivity contribution in [1.29, 1.82) is 0 Å². The summed E-state index contributed by atoms with van der Waals surface area (Å²) in [6, 6.07) is 9.00. The lowest BCUT2D eigenvalue weighted by molar-refractivity contribution is -0.108. The average Bonchev–Trinajstić information content (AvgIpc) is 2.39. The van der Waals surface area contributed by atoms with E-state index in [1.807, 2.05) is 6.07 Å². The number of nitrogens with one attached hydrogen (secondary N) is 1. The highest BCUT2D eigenvalue weighted by Gasteiger charge is 2.19. The third kappa shape index (κ3) is 3.82. The van der Waals surface area contributed by atoms with Gasteiger partial charge in [0.25, 0.3) is 0 Å². The summed E-state index contributed by atoms with van der Waals surface area (Å²) in [4.78, 5) is 10.5. The minimum atomic E-state index is -3.32. The summed E-state index contributed by atoms with van der Waals surface area (Å²) in [6.07, 6.45) is 0.508. The zero-order valence-corrected chi connectivity index (χ0v) is 10.5. The topological polar surface area (TPSA) is 64.6 Å². The zero-order chi connectivity index (χ0) is 12.7. The molecule has 92 valence electrons. The number of rotatable bonds is 6. The lowest BCUT2D eigenvalue weighted by Gasteiger charge is -2.12. The molecule has 0 aromatic heterocycles. The van der Waals surface area contributed by atoms with Gasteiger partial charge < -0.3 is 14.4 Å². The Morgan fingerprint density at radius 2 is 1.82 bits per heavy atom. The molecule has 0 bridgehead atoms. The highest BCUT2D eigenvalue weighted by Crippen LogP contribution is 2.49. The molecule has 5 nitrogen and oxygen atoms in total. The smallest absolute Gasteiger partial charge is 0.328 e. The van der Waals surface area contributed by atoms with Crippen molar-refractivity contribution < 1.29 is 18.4 Å². The maximum Gasteiger partial charge on any atom is 0.355 e. The van der Waals surface area contributed by atoms with Gasteiger partial charge in [0.05, 0.1) is 11.5 Å². The molecule has 0 spiro atoms. The van der Waals surface area contributed by atoms with Crippen molar-refractivity contribution in [1.82, 2.24) is 5.32 Å². The van der Waals surface area contributed by atoms with Gasteiger partial charge in [0.1, 0.15) is 0 Å². The maximum absolute atomic E-state index is 11.9. The molecule has 0 atom stereocenters. The van der Waals surface area contributed by atoms with Crippen LogP contribution in [-0.2, 0) is 18.4 Å². The lowest BCUT2D eigenvalue weighted by Crippen LogP contribution is -2.09. The molecule has 0 fully saturated rings. The van der Waals surface area contributed by atoms with Gasteiger partial charge in [-0.2, -0.15) is 0 Å². The van der Waals surface area contributed by atoms with Gasteiger partial charge in [0.2, 0.25) is 6.41 Å². The van der Waals surface area contributed by atoms with Crippen LogP contribution in [0.2, 0.25) is 0 Å². The molecule has 0 aliphatic heterocycles. The van der Waals surface area contributed by atoms with Crippen molar-refractivity contribution in [3.05, 3.63) is 41.7 Å². The molecule has 1 aromatic carbocycles. The second kappa shape index (κ2) is 6.35. The second-order valence-corrected chi connectivity index (χ2v) is 5.14. The minimum Gasteiger partial charge on any atom is -0.328 e. The Morgan fingerprint density at radius 1 is 1.24 bits per heavy atom. The van der Waals surface area contributed by atoms with Crippen LogP contribution in [0.4, 0.5) is 0 Å². The van der Waals surface area contributed by atoms with E-state index >= 15 is 0 Å². The number of carbonyl (C=O) groups excluding carboxylic acids is 1. The molecule has 17 heavy (non-hydrogen) atoms. The van der Waals surface area contributed by atoms with Crippen LogP contribution in [0.25, 0.3) is 5.70 Å². The Balaban J connectivity index is 3.14. The van der Waals surface area contributed by atoms with E-state index in [1.54, 1.807) is 24.3 Å². The summed E-state index contributed by atoms with van der Waals surface area (Å²) in [6.45, 7) is 0. The molecule has 0 radical (unpaired) electrons. The molecular formula is C11H14NO4P. The molecule has 0 aliphatic carbocycles. The van der Waals surface area contributed by atoms with Gasteiger partial charge in [-0.3, -0.25) is 9.36 Å². The molecule has 0 saturated carbocycles. The number of hydrogen-bond acceptors (Lipinski definition) is 4. The van der Waals surface area contributed by atoms with Gasteiger partial charge in [0.15, 0.2) is 0 Å². The van der Waals surface area contributed by atoms with E-state index in [-0.39, 0.29) is 0 Å². The fraction of sp³-hybridized carbons (Fsp3) is 0.182. The first-order valence-electron chi connectivity index (χ1n) is 4.85. The Bertz CT molecular complexity index is 436. The fourth-order valence-electron chi connectivity index (χ4n) is 1.21. The van der Waals surface area contributed by atoms with Gasteiger partial charge in [-0.05, 0) is 5.56 Å². The van der Waals surface area contributed by atoms with E-state index in [0.29, 0.717) is 17.7 Å². The van der Waals surface area contributed by atoms with E-state index < -0.39 is 7.60 Å². The number of carbonyl (C=O) groups is 1. The molecule has 1 rings (SSSR count). The van der Waals surface area contributed by atoms with E-state index in [1.165, 1.54) is 20.0 Å². The summed E-state index contributed by atoms with van der Waals surface area (Å²) >= 11 is 0. The van der Waals surface area contributed by atoms with Crippen molar-refractivity contribution in [3.63, 3.8) is 0 Å². The van der Waals surface area contributed by atoms with Crippen LogP contribution in [0, 0.1) is 0 Å². The molecular weight excluding hydrogens is 241 g/mol. The first kappa shape index (κ1) is 13.6. The highest BCUT2D eigenvalue weighted by atomic mass is 31.2. The van der Waals surface area contributed by atoms with Crippen LogP contribution in [-0.4, -0.2) is 20.6 Å². The molecule has 0 heterocycles. The first-order chi connectivity index (χ1) is 8.15. The van der Waals surface area contributed by atoms with Gasteiger partial charge in [0, 0.05) is 14.2 Å². The quantitative estimate of drug-likeness (QED) is 0.625. The van der Waals surface area contributed by atoms with E-state index in [4.69, 9.17) is 9.05 Å². The van der Waals surface area contributed by atoms with Gasteiger partial charge in [-0.25, -0.2) is 0 Å².